The number of aromatic amines is 1. The lowest BCUT2D eigenvalue weighted by Crippen LogP contribution is -3.09. The number of hydrogen-bond donors (Lipinski definition) is 2. The van der Waals surface area contributed by atoms with Crippen LogP contribution in [0.1, 0.15) is 27.5 Å². The number of H-pyrrole nitrogens is 1. The fourth-order valence-electron chi connectivity index (χ4n) is 4.15. The summed E-state index contributed by atoms with van der Waals surface area (Å²) in [4.78, 5) is 18.1. The molecular weight excluding hydrogens is 388 g/mol. The van der Waals surface area contributed by atoms with Gasteiger partial charge in [0.25, 0.3) is 0 Å². The molecule has 1 aromatic heterocycles. The Morgan fingerprint density at radius 1 is 0.935 bits per heavy atom. The van der Waals surface area contributed by atoms with Gasteiger partial charge in [-0.05, 0) is 24.3 Å². The molecule has 0 saturated heterocycles. The van der Waals surface area contributed by atoms with Gasteiger partial charge in [0, 0.05) is 33.8 Å². The maximum atomic E-state index is 13.8. The van der Waals surface area contributed by atoms with Crippen molar-refractivity contribution in [1.82, 2.24) is 4.98 Å². The largest absolute Gasteiger partial charge is 0.493 e. The summed E-state index contributed by atoms with van der Waals surface area (Å²) in [5.41, 5.74) is 3.75. The van der Waals surface area contributed by atoms with Crippen LogP contribution in [0.25, 0.3) is 10.9 Å². The minimum atomic E-state index is -0.339. The Hall–Kier alpha value is -3.57. The van der Waals surface area contributed by atoms with E-state index < -0.39 is 0 Å². The Balaban J connectivity index is 1.69. The summed E-state index contributed by atoms with van der Waals surface area (Å²) in [5, 5.41) is 0.951. The number of aromatic nitrogens is 1. The van der Waals surface area contributed by atoms with Gasteiger partial charge >= 0.3 is 0 Å². The third-order valence-electron chi connectivity index (χ3n) is 5.67. The topological polar surface area (TPSA) is 55.8 Å². The lowest BCUT2D eigenvalue weighted by Gasteiger charge is -2.25. The minimum absolute atomic E-state index is 0.0987. The summed E-state index contributed by atoms with van der Waals surface area (Å²) >= 11 is 0. The van der Waals surface area contributed by atoms with Crippen molar-refractivity contribution in [2.45, 2.75) is 12.6 Å². The van der Waals surface area contributed by atoms with E-state index in [0.717, 1.165) is 32.5 Å². The molecule has 31 heavy (non-hydrogen) atoms. The zero-order chi connectivity index (χ0) is 21.8. The van der Waals surface area contributed by atoms with Crippen LogP contribution in [-0.2, 0) is 6.54 Å². The van der Waals surface area contributed by atoms with Crippen molar-refractivity contribution >= 4 is 16.7 Å². The van der Waals surface area contributed by atoms with Gasteiger partial charge < -0.3 is 19.4 Å². The summed E-state index contributed by atoms with van der Waals surface area (Å²) < 4.78 is 10.8. The predicted octanol–water partition coefficient (Wildman–Crippen LogP) is 3.82. The summed E-state index contributed by atoms with van der Waals surface area (Å²) in [6.07, 6.45) is 1.83. The molecule has 3 aromatic carbocycles. The maximum absolute atomic E-state index is 13.8. The Morgan fingerprint density at radius 2 is 1.65 bits per heavy atom. The van der Waals surface area contributed by atoms with E-state index in [9.17, 15) is 4.79 Å². The van der Waals surface area contributed by atoms with Crippen LogP contribution in [0.15, 0.2) is 79.0 Å². The van der Waals surface area contributed by atoms with Gasteiger partial charge in [-0.1, -0.05) is 48.5 Å². The van der Waals surface area contributed by atoms with Crippen LogP contribution >= 0.6 is 0 Å². The summed E-state index contributed by atoms with van der Waals surface area (Å²) in [5.74, 6) is 1.48. The maximum Gasteiger partial charge on any atom is 0.226 e. The SMILES string of the molecule is COc1ccc(C[NH+](C)[C@@H](C(=O)c2c[nH]c3ccccc23)c2ccccc2)cc1OC. The van der Waals surface area contributed by atoms with Crippen LogP contribution in [-0.4, -0.2) is 32.0 Å². The number of carbonyl (C=O) groups is 1. The highest BCUT2D eigenvalue weighted by Gasteiger charge is 2.31. The van der Waals surface area contributed by atoms with Crippen molar-refractivity contribution in [3.63, 3.8) is 0 Å². The van der Waals surface area contributed by atoms with Crippen molar-refractivity contribution in [1.29, 1.82) is 0 Å². The molecule has 0 fully saturated rings. The number of likely N-dealkylation sites (N-methyl/N-ethyl adjacent to an activating group) is 1. The molecule has 0 spiro atoms. The van der Waals surface area contributed by atoms with E-state index >= 15 is 0 Å². The molecule has 0 aliphatic heterocycles. The molecule has 1 unspecified atom stereocenters. The standard InChI is InChI=1S/C26H26N2O3/c1-28(17-18-13-14-23(30-2)24(15-18)31-3)25(19-9-5-4-6-10-19)26(29)21-16-27-22-12-8-7-11-20(21)22/h4-16,25,27H,17H2,1-3H3/p+1/t25-/m1/s1. The fraction of sp³-hybridized carbons (Fsp3) is 0.192. The molecule has 0 saturated carbocycles. The van der Waals surface area contributed by atoms with E-state index in [1.165, 1.54) is 0 Å². The van der Waals surface area contributed by atoms with E-state index in [1.807, 2.05) is 79.0 Å². The van der Waals surface area contributed by atoms with Gasteiger partial charge in [0.2, 0.25) is 5.78 Å². The number of carbonyl (C=O) groups excluding carboxylic acids is 1. The molecule has 2 atom stereocenters. The van der Waals surface area contributed by atoms with Crippen molar-refractivity contribution in [3.05, 3.63) is 95.7 Å². The van der Waals surface area contributed by atoms with E-state index in [2.05, 4.69) is 12.0 Å². The van der Waals surface area contributed by atoms with E-state index in [0.29, 0.717) is 18.0 Å². The summed E-state index contributed by atoms with van der Waals surface area (Å²) in [6, 6.07) is 23.4. The first-order valence-electron chi connectivity index (χ1n) is 10.3. The molecule has 2 N–H and O–H groups in total. The molecular formula is C26H27N2O3+. The third kappa shape index (κ3) is 4.18. The molecule has 1 heterocycles. The second-order valence-electron chi connectivity index (χ2n) is 7.67. The van der Waals surface area contributed by atoms with Crippen LogP contribution in [0.5, 0.6) is 11.5 Å². The number of benzene rings is 3. The number of quaternary nitrogens is 1. The van der Waals surface area contributed by atoms with Crippen molar-refractivity contribution in [2.75, 3.05) is 21.3 Å². The van der Waals surface area contributed by atoms with Crippen molar-refractivity contribution in [2.24, 2.45) is 0 Å². The number of fused-ring (bicyclic) bond motifs is 1. The average Bonchev–Trinajstić information content (AvgIpc) is 3.24. The molecule has 0 aliphatic rings. The zero-order valence-corrected chi connectivity index (χ0v) is 18.0. The number of nitrogens with one attached hydrogen (secondary N) is 2. The predicted molar refractivity (Wildman–Crippen MR) is 122 cm³/mol. The Bertz CT molecular complexity index is 1180. The van der Waals surface area contributed by atoms with E-state index in [4.69, 9.17) is 9.47 Å². The first-order valence-corrected chi connectivity index (χ1v) is 10.3. The fourth-order valence-corrected chi connectivity index (χ4v) is 4.15. The second-order valence-corrected chi connectivity index (χ2v) is 7.67. The quantitative estimate of drug-likeness (QED) is 0.430. The second kappa shape index (κ2) is 9.06. The molecule has 158 valence electrons. The van der Waals surface area contributed by atoms with Crippen molar-refractivity contribution < 1.29 is 19.2 Å². The monoisotopic (exact) mass is 415 g/mol. The van der Waals surface area contributed by atoms with Crippen molar-refractivity contribution in [3.8, 4) is 11.5 Å². The number of rotatable bonds is 8. The lowest BCUT2D eigenvalue weighted by atomic mass is 9.95. The lowest BCUT2D eigenvalue weighted by molar-refractivity contribution is -0.915. The highest BCUT2D eigenvalue weighted by atomic mass is 16.5. The number of Topliss-reactive ketones (excluding diaryl/α,β-unsaturated/α-hetero) is 1. The highest BCUT2D eigenvalue weighted by Crippen LogP contribution is 2.28. The smallest absolute Gasteiger partial charge is 0.226 e. The van der Waals surface area contributed by atoms with E-state index in [1.54, 1.807) is 14.2 Å². The van der Waals surface area contributed by atoms with Gasteiger partial charge in [0.05, 0.1) is 21.3 Å². The Kier molecular flexibility index (Phi) is 6.05. The van der Waals surface area contributed by atoms with Crippen LogP contribution in [0.3, 0.4) is 0 Å². The zero-order valence-electron chi connectivity index (χ0n) is 18.0. The minimum Gasteiger partial charge on any atom is -0.493 e. The Labute approximate surface area is 182 Å². The van der Waals surface area contributed by atoms with Gasteiger partial charge in [-0.3, -0.25) is 4.79 Å². The molecule has 0 amide bonds. The molecule has 0 bridgehead atoms. The highest BCUT2D eigenvalue weighted by molar-refractivity contribution is 6.10. The third-order valence-corrected chi connectivity index (χ3v) is 5.67. The summed E-state index contributed by atoms with van der Waals surface area (Å²) in [7, 11) is 5.31. The van der Waals surface area contributed by atoms with Gasteiger partial charge in [-0.25, -0.2) is 0 Å². The first kappa shape index (κ1) is 20.7. The molecule has 0 aliphatic carbocycles. The molecule has 4 aromatic rings. The number of ketones is 1. The number of methoxy groups -OCH3 is 2. The van der Waals surface area contributed by atoms with Crippen LogP contribution in [0.2, 0.25) is 0 Å². The first-order chi connectivity index (χ1) is 15.1. The van der Waals surface area contributed by atoms with Gasteiger partial charge in [0.15, 0.2) is 17.5 Å². The summed E-state index contributed by atoms with van der Waals surface area (Å²) in [6.45, 7) is 0.661. The number of ether oxygens (including phenoxy) is 2. The average molecular weight is 416 g/mol. The molecule has 4 rings (SSSR count). The normalized spacial score (nSPS) is 13.0. The number of hydrogen-bond acceptors (Lipinski definition) is 3. The number of para-hydroxylation sites is 1. The Morgan fingerprint density at radius 3 is 2.39 bits per heavy atom. The van der Waals surface area contributed by atoms with Gasteiger partial charge in [0.1, 0.15) is 6.54 Å². The van der Waals surface area contributed by atoms with Crippen LogP contribution in [0, 0.1) is 0 Å². The van der Waals surface area contributed by atoms with Gasteiger partial charge in [-0.2, -0.15) is 0 Å². The van der Waals surface area contributed by atoms with Crippen LogP contribution < -0.4 is 14.4 Å². The molecule has 5 heteroatoms. The molecule has 0 radical (unpaired) electrons. The van der Waals surface area contributed by atoms with E-state index in [-0.39, 0.29) is 11.8 Å². The van der Waals surface area contributed by atoms with Crippen LogP contribution in [0.4, 0.5) is 0 Å². The van der Waals surface area contributed by atoms with Gasteiger partial charge in [-0.15, -0.1) is 0 Å². The molecule has 5 nitrogen and oxygen atoms in total.